The topological polar surface area (TPSA) is 41.9 Å². The van der Waals surface area contributed by atoms with Crippen molar-refractivity contribution < 1.29 is 19.0 Å². The Balaban J connectivity index is 1.73. The van der Waals surface area contributed by atoms with E-state index in [1.54, 1.807) is 12.1 Å². The fourth-order valence-electron chi connectivity index (χ4n) is 2.37. The number of hydrogen-bond donors (Lipinski definition) is 1. The fraction of sp³-hybridized carbons (Fsp3) is 0.368. The Hall–Kier alpha value is -2.11. The van der Waals surface area contributed by atoms with Gasteiger partial charge in [-0.1, -0.05) is 12.1 Å². The van der Waals surface area contributed by atoms with Crippen LogP contribution < -0.4 is 9.47 Å². The van der Waals surface area contributed by atoms with Crippen LogP contribution in [0.5, 0.6) is 11.5 Å². The molecule has 1 N–H and O–H groups in total. The molecule has 0 unspecified atom stereocenters. The molecule has 0 spiro atoms. The van der Waals surface area contributed by atoms with Crippen LogP contribution in [0.1, 0.15) is 12.5 Å². The Morgan fingerprint density at radius 2 is 1.58 bits per heavy atom. The van der Waals surface area contributed by atoms with Crippen LogP contribution >= 0.6 is 0 Å². The van der Waals surface area contributed by atoms with Crippen molar-refractivity contribution >= 4 is 0 Å². The maximum atomic E-state index is 12.9. The number of hydrogen-bond acceptors (Lipinski definition) is 4. The fourth-order valence-corrected chi connectivity index (χ4v) is 2.37. The second-order valence-electron chi connectivity index (χ2n) is 5.69. The Morgan fingerprint density at radius 1 is 1.00 bits per heavy atom. The van der Waals surface area contributed by atoms with Crippen molar-refractivity contribution in [3.05, 3.63) is 59.9 Å². The van der Waals surface area contributed by atoms with Crippen LogP contribution in [-0.2, 0) is 6.54 Å². The average molecular weight is 333 g/mol. The Bertz CT molecular complexity index is 601. The van der Waals surface area contributed by atoms with E-state index in [9.17, 15) is 9.50 Å². The van der Waals surface area contributed by atoms with Gasteiger partial charge in [0.05, 0.1) is 6.61 Å². The Labute approximate surface area is 142 Å². The first-order chi connectivity index (χ1) is 11.6. The van der Waals surface area contributed by atoms with E-state index >= 15 is 0 Å². The molecule has 0 aliphatic carbocycles. The zero-order valence-electron chi connectivity index (χ0n) is 14.1. The van der Waals surface area contributed by atoms with E-state index in [1.807, 2.05) is 43.1 Å². The molecule has 0 aliphatic rings. The van der Waals surface area contributed by atoms with Crippen molar-refractivity contribution in [2.24, 2.45) is 0 Å². The summed E-state index contributed by atoms with van der Waals surface area (Å²) in [5.41, 5.74) is 0.999. The lowest BCUT2D eigenvalue weighted by molar-refractivity contribution is 0.0743. The van der Waals surface area contributed by atoms with Gasteiger partial charge in [-0.05, 0) is 55.9 Å². The minimum atomic E-state index is -0.609. The third kappa shape index (κ3) is 6.18. The van der Waals surface area contributed by atoms with Crippen molar-refractivity contribution in [2.75, 3.05) is 26.8 Å². The van der Waals surface area contributed by atoms with Crippen molar-refractivity contribution in [1.29, 1.82) is 0 Å². The highest BCUT2D eigenvalue weighted by molar-refractivity contribution is 5.31. The molecule has 130 valence electrons. The molecule has 0 radical (unpaired) electrons. The summed E-state index contributed by atoms with van der Waals surface area (Å²) >= 11 is 0. The average Bonchev–Trinajstić information content (AvgIpc) is 2.56. The smallest absolute Gasteiger partial charge is 0.123 e. The molecule has 0 heterocycles. The summed E-state index contributed by atoms with van der Waals surface area (Å²) < 4.78 is 23.8. The van der Waals surface area contributed by atoms with E-state index in [4.69, 9.17) is 9.47 Å². The zero-order valence-corrected chi connectivity index (χ0v) is 14.1. The summed E-state index contributed by atoms with van der Waals surface area (Å²) in [7, 11) is 1.91. The van der Waals surface area contributed by atoms with Gasteiger partial charge in [-0.25, -0.2) is 4.39 Å². The molecule has 5 heteroatoms. The first kappa shape index (κ1) is 18.2. The van der Waals surface area contributed by atoms with Gasteiger partial charge in [-0.15, -0.1) is 0 Å². The van der Waals surface area contributed by atoms with Gasteiger partial charge < -0.3 is 14.6 Å². The maximum Gasteiger partial charge on any atom is 0.123 e. The molecular weight excluding hydrogens is 309 g/mol. The van der Waals surface area contributed by atoms with E-state index in [0.717, 1.165) is 11.3 Å². The summed E-state index contributed by atoms with van der Waals surface area (Å²) in [5.74, 6) is 1.24. The van der Waals surface area contributed by atoms with Crippen LogP contribution in [0, 0.1) is 5.82 Å². The van der Waals surface area contributed by atoms with Crippen LogP contribution in [0.2, 0.25) is 0 Å². The van der Waals surface area contributed by atoms with E-state index < -0.39 is 6.10 Å². The highest BCUT2D eigenvalue weighted by Crippen LogP contribution is 2.17. The van der Waals surface area contributed by atoms with Crippen LogP contribution in [0.3, 0.4) is 0 Å². The molecule has 24 heavy (non-hydrogen) atoms. The van der Waals surface area contributed by atoms with Gasteiger partial charge in [0.25, 0.3) is 0 Å². The second-order valence-corrected chi connectivity index (χ2v) is 5.69. The molecule has 0 amide bonds. The molecule has 0 aromatic heterocycles. The van der Waals surface area contributed by atoms with Crippen molar-refractivity contribution in [2.45, 2.75) is 19.6 Å². The van der Waals surface area contributed by atoms with Gasteiger partial charge >= 0.3 is 0 Å². The quantitative estimate of drug-likeness (QED) is 0.766. The number of halogens is 1. The Morgan fingerprint density at radius 3 is 2.17 bits per heavy atom. The first-order valence-electron chi connectivity index (χ1n) is 8.03. The van der Waals surface area contributed by atoms with Crippen molar-refractivity contribution in [1.82, 2.24) is 4.90 Å². The van der Waals surface area contributed by atoms with E-state index in [1.165, 1.54) is 12.1 Å². The lowest BCUT2D eigenvalue weighted by Crippen LogP contribution is -2.32. The standard InChI is InChI=1S/C19H24FNO3/c1-3-23-18-8-10-19(11-9-18)24-14-17(22)13-21(2)12-15-4-6-16(20)7-5-15/h4-11,17,22H,3,12-14H2,1-2H3/t17-/m0/s1. The maximum absolute atomic E-state index is 12.9. The first-order valence-corrected chi connectivity index (χ1v) is 8.03. The SMILES string of the molecule is CCOc1ccc(OC[C@@H](O)CN(C)Cc2ccc(F)cc2)cc1. The lowest BCUT2D eigenvalue weighted by Gasteiger charge is -2.21. The van der Waals surface area contributed by atoms with Gasteiger partial charge in [0.2, 0.25) is 0 Å². The van der Waals surface area contributed by atoms with Crippen molar-refractivity contribution in [3.63, 3.8) is 0 Å². The summed E-state index contributed by atoms with van der Waals surface area (Å²) in [6.45, 7) is 3.87. The highest BCUT2D eigenvalue weighted by Gasteiger charge is 2.10. The predicted molar refractivity (Wildman–Crippen MR) is 91.8 cm³/mol. The molecule has 0 fully saturated rings. The predicted octanol–water partition coefficient (Wildman–Crippen LogP) is 3.10. The summed E-state index contributed by atoms with van der Waals surface area (Å²) in [6.07, 6.45) is -0.609. The van der Waals surface area contributed by atoms with Gasteiger partial charge in [0.1, 0.15) is 30.0 Å². The second kappa shape index (κ2) is 9.25. The molecule has 2 aromatic carbocycles. The third-order valence-corrected chi connectivity index (χ3v) is 3.47. The number of likely N-dealkylation sites (N-methyl/N-ethyl adjacent to an activating group) is 1. The van der Waals surface area contributed by atoms with E-state index in [-0.39, 0.29) is 12.4 Å². The third-order valence-electron chi connectivity index (χ3n) is 3.47. The van der Waals surface area contributed by atoms with Gasteiger partial charge in [-0.3, -0.25) is 4.90 Å². The van der Waals surface area contributed by atoms with Gasteiger partial charge in [-0.2, -0.15) is 0 Å². The molecule has 4 nitrogen and oxygen atoms in total. The van der Waals surface area contributed by atoms with E-state index in [2.05, 4.69) is 0 Å². The summed E-state index contributed by atoms with van der Waals surface area (Å²) in [6, 6.07) is 13.7. The van der Waals surface area contributed by atoms with Crippen LogP contribution in [0.15, 0.2) is 48.5 Å². The molecule has 0 saturated carbocycles. The number of rotatable bonds is 9. The molecule has 2 rings (SSSR count). The van der Waals surface area contributed by atoms with Crippen LogP contribution in [-0.4, -0.2) is 42.9 Å². The van der Waals surface area contributed by atoms with Gasteiger partial charge in [0, 0.05) is 13.1 Å². The van der Waals surface area contributed by atoms with Crippen molar-refractivity contribution in [3.8, 4) is 11.5 Å². The number of benzene rings is 2. The number of ether oxygens (including phenoxy) is 2. The molecular formula is C19H24FNO3. The molecule has 0 bridgehead atoms. The summed E-state index contributed by atoms with van der Waals surface area (Å²) in [4.78, 5) is 1.97. The normalized spacial score (nSPS) is 12.2. The van der Waals surface area contributed by atoms with E-state index in [0.29, 0.717) is 25.4 Å². The lowest BCUT2D eigenvalue weighted by atomic mass is 10.2. The van der Waals surface area contributed by atoms with Gasteiger partial charge in [0.15, 0.2) is 0 Å². The van der Waals surface area contributed by atoms with Crippen LogP contribution in [0.4, 0.5) is 4.39 Å². The minimum absolute atomic E-state index is 0.210. The molecule has 0 aliphatic heterocycles. The molecule has 0 saturated heterocycles. The minimum Gasteiger partial charge on any atom is -0.494 e. The monoisotopic (exact) mass is 333 g/mol. The number of aliphatic hydroxyl groups is 1. The molecule has 1 atom stereocenters. The Kier molecular flexibility index (Phi) is 7.03. The summed E-state index contributed by atoms with van der Waals surface area (Å²) in [5, 5.41) is 10.1. The molecule has 2 aromatic rings. The largest absolute Gasteiger partial charge is 0.494 e. The number of nitrogens with zero attached hydrogens (tertiary/aromatic N) is 1. The highest BCUT2D eigenvalue weighted by atomic mass is 19.1. The van der Waals surface area contributed by atoms with Crippen LogP contribution in [0.25, 0.3) is 0 Å². The zero-order chi connectivity index (χ0) is 17.4. The number of aliphatic hydroxyl groups excluding tert-OH is 1.